The van der Waals surface area contributed by atoms with Gasteiger partial charge in [-0.25, -0.2) is 0 Å². The number of H-pyrrole nitrogens is 1. The van der Waals surface area contributed by atoms with E-state index in [9.17, 15) is 10.2 Å². The maximum absolute atomic E-state index is 12.7. The van der Waals surface area contributed by atoms with Gasteiger partial charge in [-0.15, -0.1) is 0 Å². The molecule has 5 heteroatoms. The van der Waals surface area contributed by atoms with Gasteiger partial charge in [0.25, 0.3) is 0 Å². The van der Waals surface area contributed by atoms with E-state index in [1.807, 2.05) is 13.0 Å². The van der Waals surface area contributed by atoms with Crippen LogP contribution in [0, 0.1) is 17.3 Å². The Labute approximate surface area is 250 Å². The van der Waals surface area contributed by atoms with Gasteiger partial charge in [0.1, 0.15) is 12.2 Å². The molecule has 0 radical (unpaired) electrons. The fourth-order valence-corrected chi connectivity index (χ4v) is 10.9. The standard InChI is InChI=1S/C37H47NO4/c1-19(2)31-29(39)17-27-30(41-31)10-11-35(7)36(8)21(9-12-37(27,35)40)15-24-23-13-20-14-26-25(18-33(3,4)42-34(26,5)6)22(20)16-28(23)38-32(24)36/h13,16-18,21,26,29-31,38-40H,1,9-12,14-15H2,2-8H3/t21-,26-,29+,30-,31+,35+,36-,37+/m0/s1. The maximum atomic E-state index is 12.7. The third kappa shape index (κ3) is 3.19. The number of nitrogens with one attached hydrogen (secondary N) is 1. The zero-order valence-corrected chi connectivity index (χ0v) is 26.4. The smallest absolute Gasteiger partial charge is 0.108 e. The van der Waals surface area contributed by atoms with Crippen molar-refractivity contribution in [1.29, 1.82) is 0 Å². The zero-order chi connectivity index (χ0) is 29.8. The van der Waals surface area contributed by atoms with Crippen molar-refractivity contribution in [3.8, 4) is 0 Å². The molecule has 0 unspecified atom stereocenters. The SMILES string of the molecule is C=C(C)[C@H]1O[C@H]2CC[C@@]3(C)[C@@](O)(CC[C@H]4Cc5c([nH]c6cc7c(cc56)C[C@H]5C7=CC(C)(C)OC5(C)C)[C@]43C)C2=C[C@H]1O. The Kier molecular flexibility index (Phi) is 5.28. The lowest BCUT2D eigenvalue weighted by molar-refractivity contribution is -0.185. The second kappa shape index (κ2) is 8.10. The molecule has 0 amide bonds. The fraction of sp³-hybridized carbons (Fsp3) is 0.622. The molecular formula is C37H47NO4. The third-order valence-electron chi connectivity index (χ3n) is 13.0. The largest absolute Gasteiger partial charge is 0.386 e. The molecule has 0 spiro atoms. The topological polar surface area (TPSA) is 74.7 Å². The minimum absolute atomic E-state index is 0.172. The van der Waals surface area contributed by atoms with E-state index in [4.69, 9.17) is 9.47 Å². The Hall–Kier alpha value is -2.18. The molecule has 8 atom stereocenters. The molecule has 2 fully saturated rings. The molecule has 0 bridgehead atoms. The van der Waals surface area contributed by atoms with E-state index < -0.39 is 17.8 Å². The average Bonchev–Trinajstić information content (AvgIpc) is 3.52. The van der Waals surface area contributed by atoms with Gasteiger partial charge in [-0.2, -0.15) is 0 Å². The van der Waals surface area contributed by atoms with E-state index in [2.05, 4.69) is 71.3 Å². The van der Waals surface area contributed by atoms with Gasteiger partial charge in [0.05, 0.1) is 22.9 Å². The van der Waals surface area contributed by atoms with Gasteiger partial charge in [-0.1, -0.05) is 20.4 Å². The number of ether oxygens (including phenoxy) is 2. The fourth-order valence-electron chi connectivity index (χ4n) is 10.9. The number of aromatic nitrogens is 1. The second-order valence-electron chi connectivity index (χ2n) is 16.1. The van der Waals surface area contributed by atoms with Crippen molar-refractivity contribution in [2.45, 2.75) is 128 Å². The normalized spacial score (nSPS) is 42.5. The van der Waals surface area contributed by atoms with E-state index in [1.165, 1.54) is 38.9 Å². The van der Waals surface area contributed by atoms with Crippen molar-refractivity contribution in [3.63, 3.8) is 0 Å². The van der Waals surface area contributed by atoms with Crippen LogP contribution < -0.4 is 0 Å². The first kappa shape index (κ1) is 27.4. The molecule has 6 aliphatic rings. The van der Waals surface area contributed by atoms with Crippen molar-refractivity contribution in [1.82, 2.24) is 4.98 Å². The summed E-state index contributed by atoms with van der Waals surface area (Å²) in [5.41, 5.74) is 7.81. The summed E-state index contributed by atoms with van der Waals surface area (Å²) in [7, 11) is 0. The molecule has 8 rings (SSSR count). The highest BCUT2D eigenvalue weighted by Gasteiger charge is 2.70. The molecule has 2 aromatic rings. The lowest BCUT2D eigenvalue weighted by atomic mass is 9.42. The van der Waals surface area contributed by atoms with Gasteiger partial charge in [0.15, 0.2) is 0 Å². The molecule has 2 saturated carbocycles. The van der Waals surface area contributed by atoms with E-state index in [0.717, 1.165) is 43.3 Å². The van der Waals surface area contributed by atoms with Gasteiger partial charge in [0, 0.05) is 33.3 Å². The predicted molar refractivity (Wildman–Crippen MR) is 166 cm³/mol. The van der Waals surface area contributed by atoms with Crippen LogP contribution in [0.3, 0.4) is 0 Å². The third-order valence-corrected chi connectivity index (χ3v) is 13.0. The van der Waals surface area contributed by atoms with Gasteiger partial charge in [-0.05, 0) is 137 Å². The van der Waals surface area contributed by atoms with Gasteiger partial charge in [0.2, 0.25) is 0 Å². The van der Waals surface area contributed by atoms with E-state index in [-0.39, 0.29) is 28.1 Å². The van der Waals surface area contributed by atoms with Crippen molar-refractivity contribution in [2.75, 3.05) is 0 Å². The van der Waals surface area contributed by atoms with Crippen LogP contribution in [0.1, 0.15) is 96.5 Å². The lowest BCUT2D eigenvalue weighted by Crippen LogP contribution is -2.67. The summed E-state index contributed by atoms with van der Waals surface area (Å²) in [5, 5.41) is 25.1. The predicted octanol–water partition coefficient (Wildman–Crippen LogP) is 6.70. The highest BCUT2D eigenvalue weighted by Crippen LogP contribution is 2.69. The molecule has 5 nitrogen and oxygen atoms in total. The molecule has 4 aliphatic carbocycles. The van der Waals surface area contributed by atoms with Crippen LogP contribution in [0.5, 0.6) is 0 Å². The molecule has 1 aromatic heterocycles. The summed E-state index contributed by atoms with van der Waals surface area (Å²) < 4.78 is 12.9. The monoisotopic (exact) mass is 569 g/mol. The van der Waals surface area contributed by atoms with Crippen molar-refractivity contribution in [2.24, 2.45) is 17.3 Å². The van der Waals surface area contributed by atoms with Crippen molar-refractivity contribution < 1.29 is 19.7 Å². The van der Waals surface area contributed by atoms with Crippen LogP contribution in [0.4, 0.5) is 0 Å². The lowest BCUT2D eigenvalue weighted by Gasteiger charge is -2.65. The Bertz CT molecular complexity index is 1620. The summed E-state index contributed by atoms with van der Waals surface area (Å²) in [6.07, 6.45) is 8.35. The first-order valence-electron chi connectivity index (χ1n) is 16.1. The number of rotatable bonds is 1. The van der Waals surface area contributed by atoms with Crippen LogP contribution in [-0.2, 0) is 27.7 Å². The zero-order valence-electron chi connectivity index (χ0n) is 26.4. The Morgan fingerprint density at radius 2 is 1.81 bits per heavy atom. The minimum atomic E-state index is -1.03. The minimum Gasteiger partial charge on any atom is -0.386 e. The quantitative estimate of drug-likeness (QED) is 0.334. The first-order valence-corrected chi connectivity index (χ1v) is 16.1. The number of aliphatic hydroxyl groups excluding tert-OH is 1. The summed E-state index contributed by atoms with van der Waals surface area (Å²) in [6.45, 7) is 19.5. The Balaban J connectivity index is 1.24. The molecule has 42 heavy (non-hydrogen) atoms. The molecule has 1 aromatic carbocycles. The van der Waals surface area contributed by atoms with Crippen LogP contribution in [0.2, 0.25) is 0 Å². The van der Waals surface area contributed by atoms with Gasteiger partial charge >= 0.3 is 0 Å². The van der Waals surface area contributed by atoms with Crippen molar-refractivity contribution >= 4 is 16.5 Å². The molecular weight excluding hydrogens is 522 g/mol. The van der Waals surface area contributed by atoms with Crippen LogP contribution in [0.15, 0.2) is 42.0 Å². The summed E-state index contributed by atoms with van der Waals surface area (Å²) in [4.78, 5) is 3.98. The molecule has 0 saturated heterocycles. The Morgan fingerprint density at radius 3 is 2.55 bits per heavy atom. The van der Waals surface area contributed by atoms with Crippen LogP contribution in [0.25, 0.3) is 16.5 Å². The number of benzene rings is 1. The number of aliphatic hydroxyl groups is 2. The number of hydrogen-bond acceptors (Lipinski definition) is 4. The maximum Gasteiger partial charge on any atom is 0.108 e. The van der Waals surface area contributed by atoms with E-state index in [1.54, 1.807) is 0 Å². The molecule has 3 heterocycles. The summed E-state index contributed by atoms with van der Waals surface area (Å²) >= 11 is 0. The van der Waals surface area contributed by atoms with E-state index in [0.29, 0.717) is 18.3 Å². The van der Waals surface area contributed by atoms with E-state index >= 15 is 0 Å². The van der Waals surface area contributed by atoms with Crippen LogP contribution >= 0.6 is 0 Å². The number of fused-ring (bicyclic) bond motifs is 12. The summed E-state index contributed by atoms with van der Waals surface area (Å²) in [5.74, 6) is 0.838. The second-order valence-corrected chi connectivity index (χ2v) is 16.1. The Morgan fingerprint density at radius 1 is 1.05 bits per heavy atom. The number of hydrogen-bond donors (Lipinski definition) is 3. The van der Waals surface area contributed by atoms with Gasteiger partial charge < -0.3 is 24.7 Å². The van der Waals surface area contributed by atoms with Crippen molar-refractivity contribution in [3.05, 3.63) is 64.4 Å². The molecule has 224 valence electrons. The molecule has 3 N–H and O–H groups in total. The van der Waals surface area contributed by atoms with Crippen LogP contribution in [-0.4, -0.2) is 50.3 Å². The average molecular weight is 570 g/mol. The highest BCUT2D eigenvalue weighted by molar-refractivity contribution is 5.92. The summed E-state index contributed by atoms with van der Waals surface area (Å²) in [6, 6.07) is 4.88. The number of aromatic amines is 1. The highest BCUT2D eigenvalue weighted by atomic mass is 16.5. The molecule has 2 aliphatic heterocycles. The van der Waals surface area contributed by atoms with Gasteiger partial charge in [-0.3, -0.25) is 0 Å². The first-order chi connectivity index (χ1) is 19.6.